The van der Waals surface area contributed by atoms with Crippen molar-refractivity contribution >= 4 is 17.3 Å². The molecule has 1 unspecified atom stereocenters. The first-order valence-corrected chi connectivity index (χ1v) is 7.17. The van der Waals surface area contributed by atoms with Gasteiger partial charge >= 0.3 is 0 Å². The number of carbonyl (C=O) groups is 1. The number of nitrogen functional groups attached to an aromatic ring is 1. The number of nitrogens with zero attached hydrogens (tertiary/aromatic N) is 1. The molecule has 5 nitrogen and oxygen atoms in total. The summed E-state index contributed by atoms with van der Waals surface area (Å²) in [5, 5.41) is 0. The van der Waals surface area contributed by atoms with Crippen LogP contribution >= 0.6 is 0 Å². The van der Waals surface area contributed by atoms with Gasteiger partial charge in [0.15, 0.2) is 0 Å². The number of rotatable bonds is 5. The lowest BCUT2D eigenvalue weighted by atomic mass is 10.1. The highest BCUT2D eigenvalue weighted by Gasteiger charge is 2.22. The van der Waals surface area contributed by atoms with Crippen LogP contribution in [0.4, 0.5) is 11.4 Å². The molecule has 1 saturated heterocycles. The van der Waals surface area contributed by atoms with E-state index in [-0.39, 0.29) is 6.10 Å². The highest BCUT2D eigenvalue weighted by Crippen LogP contribution is 2.28. The Kier molecular flexibility index (Phi) is 4.84. The van der Waals surface area contributed by atoms with Gasteiger partial charge in [0.25, 0.3) is 0 Å². The van der Waals surface area contributed by atoms with Gasteiger partial charge in [0.05, 0.1) is 17.5 Å². The Morgan fingerprint density at radius 3 is 3.00 bits per heavy atom. The third kappa shape index (κ3) is 3.42. The fourth-order valence-corrected chi connectivity index (χ4v) is 2.55. The minimum atomic E-state index is -0.429. The van der Waals surface area contributed by atoms with Crippen LogP contribution in [0.25, 0.3) is 0 Å². The Balaban J connectivity index is 2.13. The van der Waals surface area contributed by atoms with Gasteiger partial charge in [0.2, 0.25) is 5.91 Å². The van der Waals surface area contributed by atoms with Gasteiger partial charge in [0.1, 0.15) is 0 Å². The largest absolute Gasteiger partial charge is 0.397 e. The normalized spacial score (nSPS) is 19.1. The average molecular weight is 277 g/mol. The molecule has 1 aliphatic heterocycles. The highest BCUT2D eigenvalue weighted by atomic mass is 16.5. The Morgan fingerprint density at radius 2 is 2.30 bits per heavy atom. The standard InChI is InChI=1S/C15H23N3O2/c1-2-8-20-12-4-3-7-18(10-12)14-9-11(15(17)19)5-6-13(14)16/h5-6,9,12H,2-4,7-8,10,16H2,1H3,(H2,17,19). The van der Waals surface area contributed by atoms with Crippen molar-refractivity contribution in [3.8, 4) is 0 Å². The average Bonchev–Trinajstić information content (AvgIpc) is 2.45. The molecule has 5 heteroatoms. The fraction of sp³-hybridized carbons (Fsp3) is 0.533. The van der Waals surface area contributed by atoms with E-state index < -0.39 is 5.91 Å². The molecule has 2 rings (SSSR count). The number of hydrogen-bond acceptors (Lipinski definition) is 4. The van der Waals surface area contributed by atoms with Crippen LogP contribution in [0.2, 0.25) is 0 Å². The van der Waals surface area contributed by atoms with E-state index in [1.165, 1.54) is 0 Å². The summed E-state index contributed by atoms with van der Waals surface area (Å²) in [6, 6.07) is 5.18. The van der Waals surface area contributed by atoms with E-state index in [4.69, 9.17) is 16.2 Å². The van der Waals surface area contributed by atoms with Crippen LogP contribution in [-0.2, 0) is 4.74 Å². The summed E-state index contributed by atoms with van der Waals surface area (Å²) in [5.41, 5.74) is 13.4. The van der Waals surface area contributed by atoms with E-state index >= 15 is 0 Å². The molecule has 0 bridgehead atoms. The molecule has 20 heavy (non-hydrogen) atoms. The Bertz CT molecular complexity index is 476. The number of ether oxygens (including phenoxy) is 1. The number of nitrogens with two attached hydrogens (primary N) is 2. The molecule has 4 N–H and O–H groups in total. The monoisotopic (exact) mass is 277 g/mol. The third-order valence-electron chi connectivity index (χ3n) is 3.59. The molecule has 110 valence electrons. The van der Waals surface area contributed by atoms with E-state index in [2.05, 4.69) is 11.8 Å². The number of piperidine rings is 1. The minimum absolute atomic E-state index is 0.236. The van der Waals surface area contributed by atoms with Crippen molar-refractivity contribution in [1.82, 2.24) is 0 Å². The molecular weight excluding hydrogens is 254 g/mol. The minimum Gasteiger partial charge on any atom is -0.397 e. The second-order valence-electron chi connectivity index (χ2n) is 5.22. The van der Waals surface area contributed by atoms with E-state index in [9.17, 15) is 4.79 Å². The molecule has 0 aromatic heterocycles. The summed E-state index contributed by atoms with van der Waals surface area (Å²) in [6.45, 7) is 4.63. The zero-order valence-electron chi connectivity index (χ0n) is 12.0. The first-order chi connectivity index (χ1) is 9.61. The van der Waals surface area contributed by atoms with E-state index in [1.54, 1.807) is 18.2 Å². The number of hydrogen-bond donors (Lipinski definition) is 2. The summed E-state index contributed by atoms with van der Waals surface area (Å²) >= 11 is 0. The Labute approximate surface area is 119 Å². The topological polar surface area (TPSA) is 81.6 Å². The van der Waals surface area contributed by atoms with Crippen molar-refractivity contribution in [2.75, 3.05) is 30.3 Å². The van der Waals surface area contributed by atoms with Gasteiger partial charge in [-0.25, -0.2) is 0 Å². The summed E-state index contributed by atoms with van der Waals surface area (Å²) in [4.78, 5) is 13.5. The van der Waals surface area contributed by atoms with Crippen LogP contribution in [0.5, 0.6) is 0 Å². The molecule has 1 amide bonds. The van der Waals surface area contributed by atoms with Crippen molar-refractivity contribution in [1.29, 1.82) is 0 Å². The van der Waals surface area contributed by atoms with Crippen molar-refractivity contribution in [2.24, 2.45) is 5.73 Å². The lowest BCUT2D eigenvalue weighted by Crippen LogP contribution is -2.40. The lowest BCUT2D eigenvalue weighted by Gasteiger charge is -2.35. The Morgan fingerprint density at radius 1 is 1.50 bits per heavy atom. The van der Waals surface area contributed by atoms with Gasteiger partial charge < -0.3 is 21.1 Å². The number of primary amides is 1. The number of anilines is 2. The predicted molar refractivity (Wildman–Crippen MR) is 80.9 cm³/mol. The van der Waals surface area contributed by atoms with Crippen LogP contribution < -0.4 is 16.4 Å². The number of benzene rings is 1. The van der Waals surface area contributed by atoms with Gasteiger partial charge in [-0.3, -0.25) is 4.79 Å². The van der Waals surface area contributed by atoms with Crippen molar-refractivity contribution in [3.05, 3.63) is 23.8 Å². The van der Waals surface area contributed by atoms with Crippen molar-refractivity contribution in [3.63, 3.8) is 0 Å². The first-order valence-electron chi connectivity index (χ1n) is 7.17. The molecule has 1 aliphatic rings. The van der Waals surface area contributed by atoms with Gasteiger partial charge in [-0.15, -0.1) is 0 Å². The van der Waals surface area contributed by atoms with Crippen LogP contribution in [0.1, 0.15) is 36.5 Å². The molecular formula is C15H23N3O2. The van der Waals surface area contributed by atoms with Gasteiger partial charge in [0, 0.05) is 25.3 Å². The van der Waals surface area contributed by atoms with Gasteiger partial charge in [-0.1, -0.05) is 6.92 Å². The van der Waals surface area contributed by atoms with E-state index in [0.29, 0.717) is 11.3 Å². The maximum Gasteiger partial charge on any atom is 0.248 e. The molecule has 0 aliphatic carbocycles. The van der Waals surface area contributed by atoms with Crippen LogP contribution in [0, 0.1) is 0 Å². The van der Waals surface area contributed by atoms with E-state index in [0.717, 1.165) is 44.6 Å². The molecule has 1 fully saturated rings. The Hall–Kier alpha value is -1.75. The van der Waals surface area contributed by atoms with Crippen LogP contribution in [0.3, 0.4) is 0 Å². The van der Waals surface area contributed by atoms with Crippen LogP contribution in [-0.4, -0.2) is 31.7 Å². The third-order valence-corrected chi connectivity index (χ3v) is 3.59. The molecule has 0 radical (unpaired) electrons. The SMILES string of the molecule is CCCOC1CCCN(c2cc(C(N)=O)ccc2N)C1. The molecule has 0 spiro atoms. The quantitative estimate of drug-likeness (QED) is 0.804. The second kappa shape index (κ2) is 6.61. The smallest absolute Gasteiger partial charge is 0.248 e. The summed E-state index contributed by atoms with van der Waals surface area (Å²) < 4.78 is 5.83. The molecule has 1 aromatic rings. The summed E-state index contributed by atoms with van der Waals surface area (Å²) in [6.07, 6.45) is 3.40. The second-order valence-corrected chi connectivity index (χ2v) is 5.22. The zero-order valence-corrected chi connectivity index (χ0v) is 12.0. The molecule has 1 heterocycles. The number of amides is 1. The van der Waals surface area contributed by atoms with Gasteiger partial charge in [-0.05, 0) is 37.5 Å². The molecule has 1 atom stereocenters. The van der Waals surface area contributed by atoms with Crippen LogP contribution in [0.15, 0.2) is 18.2 Å². The predicted octanol–water partition coefficient (Wildman–Crippen LogP) is 1.76. The summed E-state index contributed by atoms with van der Waals surface area (Å²) in [5.74, 6) is -0.429. The maximum atomic E-state index is 11.3. The summed E-state index contributed by atoms with van der Waals surface area (Å²) in [7, 11) is 0. The molecule has 0 saturated carbocycles. The van der Waals surface area contributed by atoms with Gasteiger partial charge in [-0.2, -0.15) is 0 Å². The highest BCUT2D eigenvalue weighted by molar-refractivity contribution is 5.95. The zero-order chi connectivity index (χ0) is 14.5. The first kappa shape index (κ1) is 14.7. The number of carbonyl (C=O) groups excluding carboxylic acids is 1. The fourth-order valence-electron chi connectivity index (χ4n) is 2.55. The lowest BCUT2D eigenvalue weighted by molar-refractivity contribution is 0.0441. The maximum absolute atomic E-state index is 11.3. The van der Waals surface area contributed by atoms with Crippen molar-refractivity contribution in [2.45, 2.75) is 32.3 Å². The molecule has 1 aromatic carbocycles. The van der Waals surface area contributed by atoms with E-state index in [1.807, 2.05) is 0 Å². The van der Waals surface area contributed by atoms with Crippen molar-refractivity contribution < 1.29 is 9.53 Å².